The lowest BCUT2D eigenvalue weighted by Gasteiger charge is -2.40. The zero-order valence-electron chi connectivity index (χ0n) is 15.4. The molecule has 1 amide bonds. The molecule has 1 aliphatic rings. The Hall–Kier alpha value is -1.97. The van der Waals surface area contributed by atoms with Gasteiger partial charge in [0.1, 0.15) is 12.2 Å². The lowest BCUT2D eigenvalue weighted by atomic mass is 9.77. The van der Waals surface area contributed by atoms with Gasteiger partial charge in [-0.2, -0.15) is 13.2 Å². The summed E-state index contributed by atoms with van der Waals surface area (Å²) < 4.78 is 52.8. The number of alkyl halides is 4. The third-order valence-electron chi connectivity index (χ3n) is 5.04. The van der Waals surface area contributed by atoms with E-state index in [1.54, 1.807) is 0 Å². The fourth-order valence-corrected chi connectivity index (χ4v) is 3.93. The van der Waals surface area contributed by atoms with Crippen molar-refractivity contribution in [1.82, 2.24) is 15.3 Å². The minimum Gasteiger partial charge on any atom is -0.387 e. The minimum absolute atomic E-state index is 0.0190. The number of amides is 1. The highest BCUT2D eigenvalue weighted by atomic mass is 35.5. The lowest BCUT2D eigenvalue weighted by Crippen LogP contribution is -2.49. The fourth-order valence-electron chi connectivity index (χ4n) is 3.46. The molecule has 2 aromatic rings. The van der Waals surface area contributed by atoms with E-state index >= 15 is 0 Å². The van der Waals surface area contributed by atoms with Crippen LogP contribution < -0.4 is 5.32 Å². The number of aliphatic hydroxyl groups is 1. The number of halogens is 6. The molecule has 0 bridgehead atoms. The summed E-state index contributed by atoms with van der Waals surface area (Å²) in [5, 5.41) is 13.1. The molecule has 3 rings (SSSR count). The van der Waals surface area contributed by atoms with Crippen LogP contribution in [0.15, 0.2) is 30.6 Å². The van der Waals surface area contributed by atoms with E-state index in [1.807, 2.05) is 0 Å². The van der Waals surface area contributed by atoms with Crippen molar-refractivity contribution in [1.29, 1.82) is 0 Å². The normalized spacial score (nSPS) is 23.1. The van der Waals surface area contributed by atoms with E-state index < -0.39 is 46.2 Å². The molecule has 11 heteroatoms. The van der Waals surface area contributed by atoms with Gasteiger partial charge in [-0.3, -0.25) is 14.8 Å². The Morgan fingerprint density at radius 3 is 2.43 bits per heavy atom. The molecule has 0 aromatic carbocycles. The molecule has 2 aromatic heterocycles. The molecule has 1 atom stereocenters. The topological polar surface area (TPSA) is 75.1 Å². The van der Waals surface area contributed by atoms with Gasteiger partial charge in [0.2, 0.25) is 0 Å². The molecule has 0 spiro atoms. The smallest absolute Gasteiger partial charge is 0.387 e. The number of rotatable bonds is 4. The van der Waals surface area contributed by atoms with Crippen molar-refractivity contribution >= 4 is 29.1 Å². The van der Waals surface area contributed by atoms with Crippen LogP contribution in [0.25, 0.3) is 0 Å². The Morgan fingerprint density at radius 2 is 1.83 bits per heavy atom. The summed E-state index contributed by atoms with van der Waals surface area (Å²) in [6.45, 7) is 0. The van der Waals surface area contributed by atoms with E-state index in [4.69, 9.17) is 23.2 Å². The summed E-state index contributed by atoms with van der Waals surface area (Å²) in [5.41, 5.74) is -3.24. The number of aromatic nitrogens is 2. The maximum atomic E-state index is 13.6. The van der Waals surface area contributed by atoms with Crippen molar-refractivity contribution in [2.45, 2.75) is 49.7 Å². The largest absolute Gasteiger partial charge is 0.434 e. The summed E-state index contributed by atoms with van der Waals surface area (Å²) in [6.07, 6.45) is -3.58. The number of pyridine rings is 2. The quantitative estimate of drug-likeness (QED) is 0.628. The van der Waals surface area contributed by atoms with Crippen molar-refractivity contribution in [2.75, 3.05) is 0 Å². The molecule has 0 aliphatic heterocycles. The highest BCUT2D eigenvalue weighted by molar-refractivity contribution is 6.34. The van der Waals surface area contributed by atoms with Gasteiger partial charge in [0.25, 0.3) is 5.91 Å². The van der Waals surface area contributed by atoms with E-state index in [-0.39, 0.29) is 36.4 Å². The van der Waals surface area contributed by atoms with Crippen molar-refractivity contribution < 1.29 is 27.5 Å². The number of carbonyl (C=O) groups is 1. The van der Waals surface area contributed by atoms with Crippen LogP contribution in [-0.2, 0) is 6.18 Å². The van der Waals surface area contributed by atoms with Gasteiger partial charge in [0, 0.05) is 17.4 Å². The first-order valence-corrected chi connectivity index (χ1v) is 9.77. The SMILES string of the molecule is O=C(NC(c1cc(Cl)ccn1)C1(O)CCC(F)CC1)c1ccnc(C(F)(F)F)c1Cl. The van der Waals surface area contributed by atoms with Gasteiger partial charge in [0.15, 0.2) is 5.69 Å². The molecule has 2 heterocycles. The van der Waals surface area contributed by atoms with Gasteiger partial charge in [0.05, 0.1) is 21.9 Å². The molecule has 30 heavy (non-hydrogen) atoms. The first-order chi connectivity index (χ1) is 14.0. The second-order valence-corrected chi connectivity index (χ2v) is 7.92. The van der Waals surface area contributed by atoms with E-state index in [1.165, 1.54) is 18.3 Å². The molecule has 1 unspecified atom stereocenters. The third-order valence-corrected chi connectivity index (χ3v) is 5.65. The van der Waals surface area contributed by atoms with Gasteiger partial charge >= 0.3 is 6.18 Å². The zero-order chi connectivity index (χ0) is 22.1. The van der Waals surface area contributed by atoms with Crippen molar-refractivity contribution in [3.63, 3.8) is 0 Å². The van der Waals surface area contributed by atoms with Crippen LogP contribution in [0.4, 0.5) is 17.6 Å². The second-order valence-electron chi connectivity index (χ2n) is 7.10. The molecule has 2 N–H and O–H groups in total. The number of carbonyl (C=O) groups excluding carboxylic acids is 1. The van der Waals surface area contributed by atoms with E-state index in [0.717, 1.165) is 12.3 Å². The standard InChI is InChI=1S/C19H17Cl2F4N3O2/c20-10-3-7-26-13(9-10)15(18(30)5-1-11(22)2-6-18)28-17(29)12-4-8-27-16(14(12)21)19(23,24)25/h3-4,7-9,11,15,30H,1-2,5-6H2,(H,28,29). The van der Waals surface area contributed by atoms with Crippen molar-refractivity contribution in [2.24, 2.45) is 0 Å². The van der Waals surface area contributed by atoms with Crippen LogP contribution >= 0.6 is 23.2 Å². The van der Waals surface area contributed by atoms with Crippen LogP contribution in [0.2, 0.25) is 10.0 Å². The highest BCUT2D eigenvalue weighted by Gasteiger charge is 2.43. The van der Waals surface area contributed by atoms with Crippen LogP contribution in [0.1, 0.15) is 53.5 Å². The predicted molar refractivity (Wildman–Crippen MR) is 102 cm³/mol. The third kappa shape index (κ3) is 4.84. The molecular formula is C19H17Cl2F4N3O2. The van der Waals surface area contributed by atoms with Crippen LogP contribution in [0, 0.1) is 0 Å². The lowest BCUT2D eigenvalue weighted by molar-refractivity contribution is -0.141. The summed E-state index contributed by atoms with van der Waals surface area (Å²) in [6, 6.07) is 2.80. The second kappa shape index (κ2) is 8.64. The van der Waals surface area contributed by atoms with Gasteiger partial charge < -0.3 is 10.4 Å². The molecule has 1 fully saturated rings. The summed E-state index contributed by atoms with van der Waals surface area (Å²) in [7, 11) is 0. The minimum atomic E-state index is -4.85. The maximum Gasteiger partial charge on any atom is 0.434 e. The number of nitrogens with zero attached hydrogens (tertiary/aromatic N) is 2. The Bertz CT molecular complexity index is 934. The molecule has 162 valence electrons. The monoisotopic (exact) mass is 465 g/mol. The van der Waals surface area contributed by atoms with E-state index in [2.05, 4.69) is 15.3 Å². The molecule has 0 radical (unpaired) electrons. The van der Waals surface area contributed by atoms with Crippen molar-refractivity contribution in [3.8, 4) is 0 Å². The van der Waals surface area contributed by atoms with Gasteiger partial charge in [-0.05, 0) is 43.9 Å². The Labute approximate surface area is 179 Å². The van der Waals surface area contributed by atoms with Crippen molar-refractivity contribution in [3.05, 3.63) is 57.6 Å². The number of nitrogens with one attached hydrogen (secondary N) is 1. The maximum absolute atomic E-state index is 13.6. The van der Waals surface area contributed by atoms with Gasteiger partial charge in [-0.25, -0.2) is 4.39 Å². The average molecular weight is 466 g/mol. The molecule has 1 aliphatic carbocycles. The first kappa shape index (κ1) is 22.7. The summed E-state index contributed by atoms with van der Waals surface area (Å²) in [4.78, 5) is 20.1. The average Bonchev–Trinajstić information content (AvgIpc) is 2.67. The first-order valence-electron chi connectivity index (χ1n) is 9.02. The molecule has 5 nitrogen and oxygen atoms in total. The summed E-state index contributed by atoms with van der Waals surface area (Å²) in [5.74, 6) is -0.963. The van der Waals surface area contributed by atoms with E-state index in [0.29, 0.717) is 0 Å². The van der Waals surface area contributed by atoms with Crippen LogP contribution in [0.5, 0.6) is 0 Å². The number of hydrogen-bond acceptors (Lipinski definition) is 4. The fraction of sp³-hybridized carbons (Fsp3) is 0.421. The Kier molecular flexibility index (Phi) is 6.54. The zero-order valence-corrected chi connectivity index (χ0v) is 16.9. The van der Waals surface area contributed by atoms with Gasteiger partial charge in [-0.15, -0.1) is 0 Å². The Balaban J connectivity index is 1.97. The molecule has 1 saturated carbocycles. The number of hydrogen-bond donors (Lipinski definition) is 2. The molecular weight excluding hydrogens is 449 g/mol. The summed E-state index contributed by atoms with van der Waals surface area (Å²) >= 11 is 11.8. The Morgan fingerprint density at radius 1 is 1.20 bits per heavy atom. The van der Waals surface area contributed by atoms with Crippen LogP contribution in [-0.4, -0.2) is 32.8 Å². The van der Waals surface area contributed by atoms with Gasteiger partial charge in [-0.1, -0.05) is 23.2 Å². The highest BCUT2D eigenvalue weighted by Crippen LogP contribution is 2.40. The van der Waals surface area contributed by atoms with E-state index in [9.17, 15) is 27.5 Å². The van der Waals surface area contributed by atoms with Crippen LogP contribution in [0.3, 0.4) is 0 Å². The predicted octanol–water partition coefficient (Wildman–Crippen LogP) is 4.92. The molecule has 0 saturated heterocycles.